The molecule has 1 saturated heterocycles. The van der Waals surface area contributed by atoms with Gasteiger partial charge < -0.3 is 5.32 Å². The Morgan fingerprint density at radius 2 is 1.31 bits per heavy atom. The molecule has 0 unspecified atom stereocenters. The van der Waals surface area contributed by atoms with Gasteiger partial charge in [-0.3, -0.25) is 4.90 Å². The standard InChI is InChI=1S/C14H24N2/c1-3-16(4-2-15-1)14-12-6-10-5-11(8-12)9-13(14)7-10/h10-15H,1-9H2. The van der Waals surface area contributed by atoms with Crippen LogP contribution in [0.2, 0.25) is 0 Å². The first-order chi connectivity index (χ1) is 7.90. The van der Waals surface area contributed by atoms with E-state index >= 15 is 0 Å². The second kappa shape index (κ2) is 3.71. The van der Waals surface area contributed by atoms with Crippen LogP contribution in [0.15, 0.2) is 0 Å². The van der Waals surface area contributed by atoms with Crippen molar-refractivity contribution in [2.45, 2.75) is 38.1 Å². The lowest BCUT2D eigenvalue weighted by Gasteiger charge is -2.57. The third kappa shape index (κ3) is 1.46. The van der Waals surface area contributed by atoms with Gasteiger partial charge in [-0.25, -0.2) is 0 Å². The van der Waals surface area contributed by atoms with E-state index in [4.69, 9.17) is 0 Å². The molecule has 0 spiro atoms. The van der Waals surface area contributed by atoms with E-state index in [1.807, 2.05) is 0 Å². The highest BCUT2D eigenvalue weighted by Crippen LogP contribution is 2.55. The summed E-state index contributed by atoms with van der Waals surface area (Å²) >= 11 is 0. The average molecular weight is 220 g/mol. The number of nitrogens with zero attached hydrogens (tertiary/aromatic N) is 1. The van der Waals surface area contributed by atoms with Gasteiger partial charge >= 0.3 is 0 Å². The van der Waals surface area contributed by atoms with Crippen molar-refractivity contribution in [2.24, 2.45) is 23.7 Å². The van der Waals surface area contributed by atoms with Gasteiger partial charge in [-0.2, -0.15) is 0 Å². The zero-order valence-electron chi connectivity index (χ0n) is 10.2. The molecule has 0 atom stereocenters. The summed E-state index contributed by atoms with van der Waals surface area (Å²) < 4.78 is 0. The molecule has 0 aromatic carbocycles. The van der Waals surface area contributed by atoms with Crippen molar-refractivity contribution >= 4 is 0 Å². The fourth-order valence-corrected chi connectivity index (χ4v) is 5.47. The van der Waals surface area contributed by atoms with Gasteiger partial charge in [0.15, 0.2) is 0 Å². The number of piperazine rings is 1. The molecular weight excluding hydrogens is 196 g/mol. The van der Waals surface area contributed by atoms with Gasteiger partial charge in [-0.05, 0) is 55.8 Å². The molecule has 2 nitrogen and oxygen atoms in total. The lowest BCUT2D eigenvalue weighted by molar-refractivity contribution is -0.0680. The minimum absolute atomic E-state index is 0.981. The molecule has 0 radical (unpaired) electrons. The summed E-state index contributed by atoms with van der Waals surface area (Å²) in [6.07, 6.45) is 7.87. The number of hydrogen-bond donors (Lipinski definition) is 1. The molecule has 5 aliphatic rings. The molecule has 1 aliphatic heterocycles. The van der Waals surface area contributed by atoms with Crippen LogP contribution in [0.1, 0.15) is 32.1 Å². The summed E-state index contributed by atoms with van der Waals surface area (Å²) in [6.45, 7) is 5.07. The second-order valence-corrected chi connectivity index (χ2v) is 6.71. The van der Waals surface area contributed by atoms with Crippen LogP contribution in [0.4, 0.5) is 0 Å². The topological polar surface area (TPSA) is 15.3 Å². The maximum Gasteiger partial charge on any atom is 0.0153 e. The molecule has 5 fully saturated rings. The molecule has 1 N–H and O–H groups in total. The Morgan fingerprint density at radius 3 is 1.88 bits per heavy atom. The molecule has 4 saturated carbocycles. The van der Waals surface area contributed by atoms with Crippen LogP contribution < -0.4 is 5.32 Å². The maximum atomic E-state index is 3.50. The van der Waals surface area contributed by atoms with Crippen LogP contribution in [0.5, 0.6) is 0 Å². The Labute approximate surface area is 98.8 Å². The monoisotopic (exact) mass is 220 g/mol. The van der Waals surface area contributed by atoms with Crippen molar-refractivity contribution in [3.63, 3.8) is 0 Å². The fourth-order valence-electron chi connectivity index (χ4n) is 5.47. The fraction of sp³-hybridized carbons (Fsp3) is 1.00. The lowest BCUT2D eigenvalue weighted by Crippen LogP contribution is -2.59. The van der Waals surface area contributed by atoms with E-state index in [1.165, 1.54) is 26.2 Å². The van der Waals surface area contributed by atoms with E-state index in [1.54, 1.807) is 32.1 Å². The van der Waals surface area contributed by atoms with Gasteiger partial charge in [0, 0.05) is 32.2 Å². The minimum Gasteiger partial charge on any atom is -0.314 e. The number of nitrogens with one attached hydrogen (secondary N) is 1. The van der Waals surface area contributed by atoms with Crippen LogP contribution in [0, 0.1) is 23.7 Å². The molecule has 4 aliphatic carbocycles. The first-order valence-electron chi connectivity index (χ1n) is 7.35. The molecular formula is C14H24N2. The van der Waals surface area contributed by atoms with Gasteiger partial charge in [-0.1, -0.05) is 0 Å². The van der Waals surface area contributed by atoms with Gasteiger partial charge in [0.1, 0.15) is 0 Å². The Kier molecular flexibility index (Phi) is 2.29. The van der Waals surface area contributed by atoms with Crippen molar-refractivity contribution in [3.05, 3.63) is 0 Å². The van der Waals surface area contributed by atoms with Gasteiger partial charge in [0.25, 0.3) is 0 Å². The molecule has 2 heteroatoms. The highest BCUT2D eigenvalue weighted by atomic mass is 15.2. The normalized spacial score (nSPS) is 52.1. The van der Waals surface area contributed by atoms with Gasteiger partial charge in [0.2, 0.25) is 0 Å². The highest BCUT2D eigenvalue weighted by molar-refractivity contribution is 5.02. The first-order valence-corrected chi connectivity index (χ1v) is 7.35. The van der Waals surface area contributed by atoms with Gasteiger partial charge in [0.05, 0.1) is 0 Å². The largest absolute Gasteiger partial charge is 0.314 e. The Bertz CT molecular complexity index is 239. The quantitative estimate of drug-likeness (QED) is 0.724. The van der Waals surface area contributed by atoms with E-state index in [2.05, 4.69) is 10.2 Å². The lowest BCUT2D eigenvalue weighted by atomic mass is 9.54. The Morgan fingerprint density at radius 1 is 0.750 bits per heavy atom. The molecule has 16 heavy (non-hydrogen) atoms. The summed E-state index contributed by atoms with van der Waals surface area (Å²) in [7, 11) is 0. The maximum absolute atomic E-state index is 3.50. The van der Waals surface area contributed by atoms with E-state index in [9.17, 15) is 0 Å². The predicted molar refractivity (Wildman–Crippen MR) is 65.3 cm³/mol. The SMILES string of the molecule is C1CN(C2C3CC4CC(C3)CC2C4)CCN1. The number of hydrogen-bond acceptors (Lipinski definition) is 2. The molecule has 0 amide bonds. The Hall–Kier alpha value is -0.0800. The van der Waals surface area contributed by atoms with E-state index in [0.29, 0.717) is 0 Å². The van der Waals surface area contributed by atoms with Crippen LogP contribution in [-0.4, -0.2) is 37.1 Å². The van der Waals surface area contributed by atoms with E-state index in [0.717, 1.165) is 29.7 Å². The summed E-state index contributed by atoms with van der Waals surface area (Å²) in [4.78, 5) is 2.84. The minimum atomic E-state index is 0.981. The molecule has 0 aromatic rings. The van der Waals surface area contributed by atoms with E-state index < -0.39 is 0 Å². The molecule has 1 heterocycles. The zero-order chi connectivity index (χ0) is 10.5. The first kappa shape index (κ1) is 9.90. The second-order valence-electron chi connectivity index (χ2n) is 6.71. The molecule has 4 bridgehead atoms. The van der Waals surface area contributed by atoms with Crippen LogP contribution in [0.3, 0.4) is 0 Å². The predicted octanol–water partition coefficient (Wildman–Crippen LogP) is 1.72. The number of rotatable bonds is 1. The van der Waals surface area contributed by atoms with Crippen molar-refractivity contribution < 1.29 is 0 Å². The van der Waals surface area contributed by atoms with Crippen LogP contribution >= 0.6 is 0 Å². The molecule has 90 valence electrons. The van der Waals surface area contributed by atoms with Crippen LogP contribution in [-0.2, 0) is 0 Å². The van der Waals surface area contributed by atoms with Crippen LogP contribution in [0.25, 0.3) is 0 Å². The van der Waals surface area contributed by atoms with Crippen molar-refractivity contribution in [3.8, 4) is 0 Å². The summed E-state index contributed by atoms with van der Waals surface area (Å²) in [5.74, 6) is 4.41. The van der Waals surface area contributed by atoms with Crippen molar-refractivity contribution in [2.75, 3.05) is 26.2 Å². The summed E-state index contributed by atoms with van der Waals surface area (Å²) in [5, 5.41) is 3.50. The average Bonchev–Trinajstić information content (AvgIpc) is 2.29. The third-order valence-corrected chi connectivity index (χ3v) is 5.75. The summed E-state index contributed by atoms with van der Waals surface area (Å²) in [5.41, 5.74) is 0. The highest BCUT2D eigenvalue weighted by Gasteiger charge is 2.49. The van der Waals surface area contributed by atoms with Gasteiger partial charge in [-0.15, -0.1) is 0 Å². The third-order valence-electron chi connectivity index (χ3n) is 5.75. The van der Waals surface area contributed by atoms with Crippen molar-refractivity contribution in [1.82, 2.24) is 10.2 Å². The molecule has 0 aromatic heterocycles. The summed E-state index contributed by atoms with van der Waals surface area (Å²) in [6, 6.07) is 0.981. The van der Waals surface area contributed by atoms with Crippen molar-refractivity contribution in [1.29, 1.82) is 0 Å². The molecule has 5 rings (SSSR count). The Balaban J connectivity index is 1.55. The smallest absolute Gasteiger partial charge is 0.0153 e. The zero-order valence-corrected chi connectivity index (χ0v) is 10.2. The van der Waals surface area contributed by atoms with E-state index in [-0.39, 0.29) is 0 Å².